The van der Waals surface area contributed by atoms with Gasteiger partial charge in [0.25, 0.3) is 11.8 Å². The van der Waals surface area contributed by atoms with Crippen molar-refractivity contribution in [1.29, 1.82) is 0 Å². The number of hydroxylamine groups is 1. The fraction of sp³-hybridized carbons (Fsp3) is 0.250. The van der Waals surface area contributed by atoms with Gasteiger partial charge >= 0.3 is 0 Å². The minimum Gasteiger partial charge on any atom is -0.396 e. The SMILES string of the molecule is Cc1ccc(N(C=O)c2cc(C(=O)N3CCC(CO)CC3)cc(-c3ccc(C(=O)NO)cc3)c2)cc1. The van der Waals surface area contributed by atoms with Gasteiger partial charge in [0.1, 0.15) is 0 Å². The first-order valence-corrected chi connectivity index (χ1v) is 11.8. The molecular formula is C28H29N3O5. The molecule has 0 saturated carbocycles. The van der Waals surface area contributed by atoms with E-state index in [9.17, 15) is 19.5 Å². The van der Waals surface area contributed by atoms with Gasteiger partial charge in [0, 0.05) is 36.5 Å². The number of likely N-dealkylation sites (tertiary alicyclic amines) is 1. The van der Waals surface area contributed by atoms with E-state index in [1.165, 1.54) is 4.90 Å². The molecule has 8 nitrogen and oxygen atoms in total. The molecule has 0 bridgehead atoms. The molecule has 0 aliphatic carbocycles. The summed E-state index contributed by atoms with van der Waals surface area (Å²) in [5.41, 5.74) is 6.07. The van der Waals surface area contributed by atoms with Gasteiger partial charge < -0.3 is 10.0 Å². The van der Waals surface area contributed by atoms with E-state index in [0.717, 1.165) is 30.4 Å². The van der Waals surface area contributed by atoms with Gasteiger partial charge in [-0.25, -0.2) is 5.48 Å². The van der Waals surface area contributed by atoms with Crippen molar-refractivity contribution in [3.8, 4) is 11.1 Å². The number of amides is 3. The zero-order chi connectivity index (χ0) is 25.7. The summed E-state index contributed by atoms with van der Waals surface area (Å²) in [6, 6.07) is 19.4. The van der Waals surface area contributed by atoms with Gasteiger partial charge in [-0.3, -0.25) is 24.5 Å². The van der Waals surface area contributed by atoms with E-state index < -0.39 is 5.91 Å². The van der Waals surface area contributed by atoms with Crippen LogP contribution in [0.5, 0.6) is 0 Å². The summed E-state index contributed by atoms with van der Waals surface area (Å²) in [5.74, 6) is -0.554. The molecule has 4 rings (SSSR count). The summed E-state index contributed by atoms with van der Waals surface area (Å²) in [5, 5.41) is 18.3. The van der Waals surface area contributed by atoms with Crippen LogP contribution in [0.15, 0.2) is 66.7 Å². The Hall–Kier alpha value is -4.01. The number of aliphatic hydroxyl groups excluding tert-OH is 1. The van der Waals surface area contributed by atoms with Crippen molar-refractivity contribution in [2.24, 2.45) is 5.92 Å². The average Bonchev–Trinajstić information content (AvgIpc) is 2.93. The van der Waals surface area contributed by atoms with Gasteiger partial charge in [0.15, 0.2) is 0 Å². The van der Waals surface area contributed by atoms with E-state index in [-0.39, 0.29) is 24.0 Å². The number of aryl methyl sites for hydroxylation is 1. The molecule has 3 amide bonds. The van der Waals surface area contributed by atoms with Gasteiger partial charge in [0.05, 0.1) is 5.69 Å². The Balaban J connectivity index is 1.75. The second-order valence-corrected chi connectivity index (χ2v) is 9.02. The summed E-state index contributed by atoms with van der Waals surface area (Å²) >= 11 is 0. The maximum Gasteiger partial charge on any atom is 0.274 e. The molecule has 3 aromatic carbocycles. The minimum absolute atomic E-state index is 0.122. The van der Waals surface area contributed by atoms with Gasteiger partial charge in [-0.2, -0.15) is 0 Å². The molecule has 36 heavy (non-hydrogen) atoms. The average molecular weight is 488 g/mol. The predicted molar refractivity (Wildman–Crippen MR) is 136 cm³/mol. The largest absolute Gasteiger partial charge is 0.396 e. The van der Waals surface area contributed by atoms with Crippen LogP contribution in [0, 0.1) is 12.8 Å². The molecular weight excluding hydrogens is 458 g/mol. The van der Waals surface area contributed by atoms with Crippen LogP contribution in [0.3, 0.4) is 0 Å². The fourth-order valence-corrected chi connectivity index (χ4v) is 4.40. The Kier molecular flexibility index (Phi) is 7.77. The number of carbonyl (C=O) groups is 3. The summed E-state index contributed by atoms with van der Waals surface area (Å²) < 4.78 is 0. The zero-order valence-corrected chi connectivity index (χ0v) is 20.1. The molecule has 8 heteroatoms. The number of piperidine rings is 1. The summed E-state index contributed by atoms with van der Waals surface area (Å²) in [4.78, 5) is 40.6. The number of nitrogens with one attached hydrogen (secondary N) is 1. The van der Waals surface area contributed by atoms with E-state index in [2.05, 4.69) is 0 Å². The lowest BCUT2D eigenvalue weighted by atomic mass is 9.96. The number of anilines is 2. The van der Waals surface area contributed by atoms with Gasteiger partial charge in [-0.1, -0.05) is 29.8 Å². The lowest BCUT2D eigenvalue weighted by Crippen LogP contribution is -2.39. The van der Waals surface area contributed by atoms with Crippen LogP contribution in [-0.4, -0.2) is 53.1 Å². The Morgan fingerprint density at radius 2 is 1.61 bits per heavy atom. The number of hydrogen-bond acceptors (Lipinski definition) is 5. The molecule has 0 atom stereocenters. The molecule has 1 heterocycles. The number of carbonyl (C=O) groups excluding carboxylic acids is 3. The van der Waals surface area contributed by atoms with Gasteiger partial charge in [0.2, 0.25) is 6.41 Å². The zero-order valence-electron chi connectivity index (χ0n) is 20.1. The lowest BCUT2D eigenvalue weighted by molar-refractivity contribution is -0.106. The molecule has 0 aromatic heterocycles. The lowest BCUT2D eigenvalue weighted by Gasteiger charge is -2.31. The van der Waals surface area contributed by atoms with E-state index in [1.54, 1.807) is 46.8 Å². The third-order valence-electron chi connectivity index (χ3n) is 6.60. The topological polar surface area (TPSA) is 110 Å². The predicted octanol–water partition coefficient (Wildman–Crippen LogP) is 3.92. The molecule has 0 unspecified atom stereocenters. The van der Waals surface area contributed by atoms with Crippen molar-refractivity contribution in [1.82, 2.24) is 10.4 Å². The second-order valence-electron chi connectivity index (χ2n) is 9.02. The summed E-state index contributed by atoms with van der Waals surface area (Å²) in [6.07, 6.45) is 2.21. The number of hydrogen-bond donors (Lipinski definition) is 3. The minimum atomic E-state index is -0.621. The molecule has 0 radical (unpaired) electrons. The maximum absolute atomic E-state index is 13.5. The highest BCUT2D eigenvalue weighted by atomic mass is 16.5. The third-order valence-corrected chi connectivity index (χ3v) is 6.60. The van der Waals surface area contributed by atoms with E-state index in [1.807, 2.05) is 37.3 Å². The number of rotatable bonds is 7. The molecule has 3 aromatic rings. The first kappa shape index (κ1) is 25.1. The Labute approximate surface area is 209 Å². The number of nitrogens with zero attached hydrogens (tertiary/aromatic N) is 2. The Morgan fingerprint density at radius 1 is 0.944 bits per heavy atom. The molecule has 1 aliphatic heterocycles. The van der Waals surface area contributed by atoms with E-state index in [4.69, 9.17) is 5.21 Å². The molecule has 1 fully saturated rings. The van der Waals surface area contributed by atoms with Crippen LogP contribution in [0.1, 0.15) is 39.1 Å². The molecule has 186 valence electrons. The van der Waals surface area contributed by atoms with Crippen LogP contribution in [0.4, 0.5) is 11.4 Å². The molecule has 3 N–H and O–H groups in total. The highest BCUT2D eigenvalue weighted by Crippen LogP contribution is 2.32. The quantitative estimate of drug-likeness (QED) is 0.266. The van der Waals surface area contributed by atoms with Crippen molar-refractivity contribution in [3.63, 3.8) is 0 Å². The third kappa shape index (κ3) is 5.45. The highest BCUT2D eigenvalue weighted by Gasteiger charge is 2.24. The van der Waals surface area contributed by atoms with Crippen molar-refractivity contribution in [2.45, 2.75) is 19.8 Å². The second kappa shape index (κ2) is 11.2. The van der Waals surface area contributed by atoms with E-state index >= 15 is 0 Å². The summed E-state index contributed by atoms with van der Waals surface area (Å²) in [6.45, 7) is 3.21. The van der Waals surface area contributed by atoms with Crippen molar-refractivity contribution >= 4 is 29.6 Å². The van der Waals surface area contributed by atoms with Crippen LogP contribution < -0.4 is 10.4 Å². The van der Waals surface area contributed by atoms with Gasteiger partial charge in [-0.15, -0.1) is 0 Å². The smallest absolute Gasteiger partial charge is 0.274 e. The number of benzene rings is 3. The monoisotopic (exact) mass is 487 g/mol. The Bertz CT molecular complexity index is 1230. The van der Waals surface area contributed by atoms with Crippen LogP contribution in [0.25, 0.3) is 11.1 Å². The van der Waals surface area contributed by atoms with Crippen LogP contribution >= 0.6 is 0 Å². The van der Waals surface area contributed by atoms with E-state index in [0.29, 0.717) is 35.6 Å². The molecule has 1 saturated heterocycles. The van der Waals surface area contributed by atoms with Crippen molar-refractivity contribution in [3.05, 3.63) is 83.4 Å². The van der Waals surface area contributed by atoms with Crippen LogP contribution in [-0.2, 0) is 4.79 Å². The maximum atomic E-state index is 13.5. The van der Waals surface area contributed by atoms with Crippen LogP contribution in [0.2, 0.25) is 0 Å². The normalized spacial score (nSPS) is 13.8. The van der Waals surface area contributed by atoms with Gasteiger partial charge in [-0.05, 0) is 79.3 Å². The first-order valence-electron chi connectivity index (χ1n) is 11.8. The van der Waals surface area contributed by atoms with Crippen molar-refractivity contribution < 1.29 is 24.7 Å². The standard InChI is InChI=1S/C28H29N3O5/c1-19-2-8-25(9-3-19)31(18-33)26-15-23(21-4-6-22(7-5-21)27(34)29-36)14-24(16-26)28(35)30-12-10-20(17-32)11-13-30/h2-9,14-16,18,20,32,36H,10-13,17H2,1H3,(H,29,34). The number of aliphatic hydroxyl groups is 1. The molecule has 1 aliphatic rings. The molecule has 0 spiro atoms. The first-order chi connectivity index (χ1) is 17.4. The summed E-state index contributed by atoms with van der Waals surface area (Å²) in [7, 11) is 0. The Morgan fingerprint density at radius 3 is 2.19 bits per heavy atom. The fourth-order valence-electron chi connectivity index (χ4n) is 4.40. The highest BCUT2D eigenvalue weighted by molar-refractivity contribution is 5.99. The van der Waals surface area contributed by atoms with Crippen molar-refractivity contribution in [2.75, 3.05) is 24.6 Å².